The molecule has 1 atom stereocenters. The Morgan fingerprint density at radius 1 is 1.40 bits per heavy atom. The van der Waals surface area contributed by atoms with Crippen LogP contribution >= 0.6 is 0 Å². The first kappa shape index (κ1) is 17.6. The van der Waals surface area contributed by atoms with Crippen LogP contribution in [-0.2, 0) is 20.8 Å². The number of carbonyl (C=O) groups is 1. The molecule has 7 nitrogen and oxygen atoms in total. The van der Waals surface area contributed by atoms with Gasteiger partial charge in [0.2, 0.25) is 11.3 Å². The Hall–Kier alpha value is -2.25. The van der Waals surface area contributed by atoms with Crippen molar-refractivity contribution in [2.24, 2.45) is 0 Å². The molecule has 2 heterocycles. The molecule has 3 rings (SSSR count). The Balaban J connectivity index is 1.41. The molecule has 1 aromatic heterocycles. The molecule has 2 aromatic rings. The first-order chi connectivity index (χ1) is 12.2. The lowest BCUT2D eigenvalue weighted by Gasteiger charge is -2.11. The van der Waals surface area contributed by atoms with Crippen LogP contribution in [0.5, 0.6) is 0 Å². The zero-order valence-corrected chi connectivity index (χ0v) is 14.1. The molecule has 1 saturated heterocycles. The average molecular weight is 345 g/mol. The Labute approximate surface area is 145 Å². The number of amides is 1. The van der Waals surface area contributed by atoms with E-state index in [1.54, 1.807) is 22.9 Å². The normalized spacial score (nSPS) is 17.0. The first-order valence-electron chi connectivity index (χ1n) is 8.65. The first-order valence-corrected chi connectivity index (χ1v) is 8.65. The zero-order valence-electron chi connectivity index (χ0n) is 14.1. The van der Waals surface area contributed by atoms with E-state index >= 15 is 0 Å². The topological polar surface area (TPSA) is 82.5 Å². The van der Waals surface area contributed by atoms with Gasteiger partial charge in [-0.05, 0) is 31.4 Å². The molecule has 0 spiro atoms. The van der Waals surface area contributed by atoms with Gasteiger partial charge in [-0.1, -0.05) is 12.1 Å². The number of aromatic nitrogens is 2. The van der Waals surface area contributed by atoms with Gasteiger partial charge >= 0.3 is 0 Å². The predicted molar refractivity (Wildman–Crippen MR) is 93.4 cm³/mol. The molecule has 0 aliphatic carbocycles. The maximum absolute atomic E-state index is 12.1. The van der Waals surface area contributed by atoms with Crippen molar-refractivity contribution < 1.29 is 14.3 Å². The number of nitrogens with one attached hydrogen (secondary N) is 1. The van der Waals surface area contributed by atoms with Crippen molar-refractivity contribution in [3.63, 3.8) is 0 Å². The number of hydrogen-bond acceptors (Lipinski definition) is 5. The maximum Gasteiger partial charge on any atom is 0.241 e. The van der Waals surface area contributed by atoms with Crippen LogP contribution in [0.1, 0.15) is 19.3 Å². The smallest absolute Gasteiger partial charge is 0.241 e. The van der Waals surface area contributed by atoms with Crippen molar-refractivity contribution in [1.82, 2.24) is 15.1 Å². The second kappa shape index (κ2) is 8.73. The van der Waals surface area contributed by atoms with Gasteiger partial charge in [0.1, 0.15) is 6.54 Å². The van der Waals surface area contributed by atoms with E-state index in [1.807, 2.05) is 6.07 Å². The molecular weight excluding hydrogens is 322 g/mol. The van der Waals surface area contributed by atoms with E-state index in [0.717, 1.165) is 25.9 Å². The summed E-state index contributed by atoms with van der Waals surface area (Å²) < 4.78 is 12.6. The van der Waals surface area contributed by atoms with Crippen molar-refractivity contribution in [2.75, 3.05) is 26.4 Å². The summed E-state index contributed by atoms with van der Waals surface area (Å²) in [5.74, 6) is -0.138. The molecule has 0 radical (unpaired) electrons. The van der Waals surface area contributed by atoms with Gasteiger partial charge in [-0.15, -0.1) is 0 Å². The molecule has 0 saturated carbocycles. The fraction of sp³-hybridized carbons (Fsp3) is 0.500. The van der Waals surface area contributed by atoms with Crippen molar-refractivity contribution in [2.45, 2.75) is 31.9 Å². The molecular formula is C18H23N3O4. The molecule has 1 aliphatic heterocycles. The minimum absolute atomic E-state index is 0.0809. The summed E-state index contributed by atoms with van der Waals surface area (Å²) in [5.41, 5.74) is 0.515. The third-order valence-corrected chi connectivity index (χ3v) is 4.17. The van der Waals surface area contributed by atoms with Gasteiger partial charge in [0.05, 0.1) is 24.4 Å². The summed E-state index contributed by atoms with van der Waals surface area (Å²) in [5, 5.41) is 7.47. The van der Waals surface area contributed by atoms with Crippen molar-refractivity contribution >= 4 is 16.8 Å². The molecule has 25 heavy (non-hydrogen) atoms. The molecule has 1 fully saturated rings. The number of hydrogen-bond donors (Lipinski definition) is 1. The van der Waals surface area contributed by atoms with E-state index in [0.29, 0.717) is 30.7 Å². The van der Waals surface area contributed by atoms with Gasteiger partial charge in [-0.2, -0.15) is 5.10 Å². The Kier molecular flexibility index (Phi) is 6.14. The largest absolute Gasteiger partial charge is 0.379 e. The van der Waals surface area contributed by atoms with Gasteiger partial charge in [-0.25, -0.2) is 0 Å². The highest BCUT2D eigenvalue weighted by atomic mass is 16.5. The highest BCUT2D eigenvalue weighted by molar-refractivity contribution is 5.81. The van der Waals surface area contributed by atoms with Crippen molar-refractivity contribution in [1.29, 1.82) is 0 Å². The fourth-order valence-electron chi connectivity index (χ4n) is 2.87. The second-order valence-electron chi connectivity index (χ2n) is 6.10. The lowest BCUT2D eigenvalue weighted by molar-refractivity contribution is -0.121. The third-order valence-electron chi connectivity index (χ3n) is 4.17. The van der Waals surface area contributed by atoms with Crippen LogP contribution in [0.2, 0.25) is 0 Å². The molecule has 1 aliphatic rings. The standard InChI is InChI=1S/C18H23N3O4/c22-17-11-20-21(16-7-2-1-6-15(16)17)12-18(23)19-8-4-9-24-13-14-5-3-10-25-14/h1-2,6-7,11,14H,3-5,8-10,12-13H2,(H,19,23). The Morgan fingerprint density at radius 3 is 3.12 bits per heavy atom. The van der Waals surface area contributed by atoms with Crippen LogP contribution in [0.4, 0.5) is 0 Å². The molecule has 0 bridgehead atoms. The number of fused-ring (bicyclic) bond motifs is 1. The SMILES string of the molecule is O=C(Cn1ncc(=O)c2ccccc21)NCCCOCC1CCCO1. The van der Waals surface area contributed by atoms with Crippen molar-refractivity contribution in [3.05, 3.63) is 40.7 Å². The summed E-state index contributed by atoms with van der Waals surface area (Å²) in [6.07, 6.45) is 4.40. The molecule has 1 aromatic carbocycles. The Bertz CT molecular complexity index is 768. The van der Waals surface area contributed by atoms with Crippen molar-refractivity contribution in [3.8, 4) is 0 Å². The van der Waals surface area contributed by atoms with Gasteiger partial charge in [0, 0.05) is 25.1 Å². The van der Waals surface area contributed by atoms with E-state index in [4.69, 9.17) is 9.47 Å². The highest BCUT2D eigenvalue weighted by Gasteiger charge is 2.15. The van der Waals surface area contributed by atoms with E-state index < -0.39 is 0 Å². The monoisotopic (exact) mass is 345 g/mol. The minimum Gasteiger partial charge on any atom is -0.379 e. The van der Waals surface area contributed by atoms with E-state index in [9.17, 15) is 9.59 Å². The summed E-state index contributed by atoms with van der Waals surface area (Å²) in [4.78, 5) is 23.9. The fourth-order valence-corrected chi connectivity index (χ4v) is 2.87. The summed E-state index contributed by atoms with van der Waals surface area (Å²) >= 11 is 0. The summed E-state index contributed by atoms with van der Waals surface area (Å²) in [6.45, 7) is 2.68. The van der Waals surface area contributed by atoms with Crippen LogP contribution < -0.4 is 10.7 Å². The molecule has 1 N–H and O–H groups in total. The van der Waals surface area contributed by atoms with Crippen LogP contribution in [0, 0.1) is 0 Å². The summed E-state index contributed by atoms with van der Waals surface area (Å²) in [7, 11) is 0. The lowest BCUT2D eigenvalue weighted by atomic mass is 10.2. The predicted octanol–water partition coefficient (Wildman–Crippen LogP) is 1.10. The second-order valence-corrected chi connectivity index (χ2v) is 6.10. The van der Waals surface area contributed by atoms with E-state index in [1.165, 1.54) is 6.20 Å². The van der Waals surface area contributed by atoms with E-state index in [-0.39, 0.29) is 24.0 Å². The number of carbonyl (C=O) groups excluding carboxylic acids is 1. The average Bonchev–Trinajstić information content (AvgIpc) is 3.14. The summed E-state index contributed by atoms with van der Waals surface area (Å²) in [6, 6.07) is 7.14. The van der Waals surface area contributed by atoms with Crippen LogP contribution in [0.3, 0.4) is 0 Å². The number of para-hydroxylation sites is 1. The number of rotatable bonds is 8. The molecule has 134 valence electrons. The zero-order chi connectivity index (χ0) is 17.5. The van der Waals surface area contributed by atoms with Gasteiger partial charge in [-0.3, -0.25) is 14.3 Å². The third kappa shape index (κ3) is 4.87. The minimum atomic E-state index is -0.143. The Morgan fingerprint density at radius 2 is 2.28 bits per heavy atom. The van der Waals surface area contributed by atoms with Crippen LogP contribution in [0.25, 0.3) is 10.9 Å². The van der Waals surface area contributed by atoms with Crippen LogP contribution in [0.15, 0.2) is 35.3 Å². The molecule has 1 unspecified atom stereocenters. The van der Waals surface area contributed by atoms with Gasteiger partial charge in [0.15, 0.2) is 0 Å². The molecule has 7 heteroatoms. The lowest BCUT2D eigenvalue weighted by Crippen LogP contribution is -2.30. The maximum atomic E-state index is 12.1. The quantitative estimate of drug-likeness (QED) is 0.725. The van der Waals surface area contributed by atoms with Gasteiger partial charge in [0.25, 0.3) is 0 Å². The molecule has 1 amide bonds. The van der Waals surface area contributed by atoms with E-state index in [2.05, 4.69) is 10.4 Å². The van der Waals surface area contributed by atoms with Crippen LogP contribution in [-0.4, -0.2) is 48.2 Å². The highest BCUT2D eigenvalue weighted by Crippen LogP contribution is 2.11. The van der Waals surface area contributed by atoms with Gasteiger partial charge < -0.3 is 14.8 Å². The number of benzene rings is 1. The number of ether oxygens (including phenoxy) is 2. The number of nitrogens with zero attached hydrogens (tertiary/aromatic N) is 2.